The molecular weight excluding hydrogens is 392 g/mol. The lowest BCUT2D eigenvalue weighted by atomic mass is 9.92. The van der Waals surface area contributed by atoms with Crippen LogP contribution in [0.15, 0.2) is 30.3 Å². The molecule has 2 rings (SSSR count). The van der Waals surface area contributed by atoms with E-state index >= 15 is 0 Å². The Hall–Kier alpha value is -2.83. The first-order chi connectivity index (χ1) is 14.2. The largest absolute Gasteiger partial charge is 0.497 e. The number of amides is 2. The number of nitrogens with zero attached hydrogens (tertiary/aromatic N) is 3. The SMILES string of the molecule is COc1ccc(-n2nc(C(C)(C)C)cc2NC(=O)CN(C(=O)C(C)(C)C)C(C)C)cc1. The topological polar surface area (TPSA) is 76.5 Å². The summed E-state index contributed by atoms with van der Waals surface area (Å²) in [5.41, 5.74) is 0.904. The van der Waals surface area contributed by atoms with E-state index in [4.69, 9.17) is 9.84 Å². The Kier molecular flexibility index (Phi) is 7.19. The van der Waals surface area contributed by atoms with Gasteiger partial charge >= 0.3 is 0 Å². The minimum absolute atomic E-state index is 0.0214. The number of methoxy groups -OCH3 is 1. The van der Waals surface area contributed by atoms with Gasteiger partial charge in [0.1, 0.15) is 18.1 Å². The lowest BCUT2D eigenvalue weighted by Crippen LogP contribution is -2.47. The fourth-order valence-electron chi connectivity index (χ4n) is 3.01. The van der Waals surface area contributed by atoms with Gasteiger partial charge in [-0.2, -0.15) is 5.10 Å². The first-order valence-electron chi connectivity index (χ1n) is 10.6. The van der Waals surface area contributed by atoms with Gasteiger partial charge < -0.3 is 15.0 Å². The summed E-state index contributed by atoms with van der Waals surface area (Å²) in [6, 6.07) is 9.26. The van der Waals surface area contributed by atoms with Crippen molar-refractivity contribution in [1.82, 2.24) is 14.7 Å². The van der Waals surface area contributed by atoms with Gasteiger partial charge in [-0.3, -0.25) is 9.59 Å². The summed E-state index contributed by atoms with van der Waals surface area (Å²) >= 11 is 0. The minimum atomic E-state index is -0.561. The quantitative estimate of drug-likeness (QED) is 0.740. The molecule has 7 nitrogen and oxygen atoms in total. The van der Waals surface area contributed by atoms with Gasteiger partial charge in [0.25, 0.3) is 0 Å². The van der Waals surface area contributed by atoms with Crippen LogP contribution in [0.25, 0.3) is 5.69 Å². The molecule has 0 fully saturated rings. The summed E-state index contributed by atoms with van der Waals surface area (Å²) in [5.74, 6) is 0.982. The molecule has 7 heteroatoms. The Labute approximate surface area is 185 Å². The van der Waals surface area contributed by atoms with E-state index in [9.17, 15) is 9.59 Å². The van der Waals surface area contributed by atoms with Crippen LogP contribution in [-0.4, -0.2) is 46.2 Å². The van der Waals surface area contributed by atoms with Crippen molar-refractivity contribution in [3.63, 3.8) is 0 Å². The maximum atomic E-state index is 12.9. The average Bonchev–Trinajstić information content (AvgIpc) is 3.08. The van der Waals surface area contributed by atoms with Crippen LogP contribution < -0.4 is 10.1 Å². The maximum Gasteiger partial charge on any atom is 0.245 e. The third-order valence-corrected chi connectivity index (χ3v) is 4.90. The number of ether oxygens (including phenoxy) is 1. The number of hydrogen-bond acceptors (Lipinski definition) is 4. The predicted octanol–water partition coefficient (Wildman–Crippen LogP) is 4.40. The van der Waals surface area contributed by atoms with Gasteiger partial charge in [-0.15, -0.1) is 0 Å². The van der Waals surface area contributed by atoms with Crippen LogP contribution in [0.3, 0.4) is 0 Å². The minimum Gasteiger partial charge on any atom is -0.497 e. The summed E-state index contributed by atoms with van der Waals surface area (Å²) in [7, 11) is 1.62. The molecule has 2 aromatic rings. The highest BCUT2D eigenvalue weighted by atomic mass is 16.5. The monoisotopic (exact) mass is 428 g/mol. The molecule has 1 heterocycles. The van der Waals surface area contributed by atoms with Crippen LogP contribution in [0.1, 0.15) is 61.1 Å². The number of rotatable bonds is 6. The molecule has 0 radical (unpaired) electrons. The molecule has 170 valence electrons. The van der Waals surface area contributed by atoms with E-state index in [1.165, 1.54) is 0 Å². The van der Waals surface area contributed by atoms with E-state index in [2.05, 4.69) is 26.1 Å². The molecule has 1 N–H and O–H groups in total. The Bertz CT molecular complexity index is 916. The van der Waals surface area contributed by atoms with E-state index in [1.54, 1.807) is 16.7 Å². The number of carbonyl (C=O) groups is 2. The van der Waals surface area contributed by atoms with Crippen molar-refractivity contribution in [1.29, 1.82) is 0 Å². The highest BCUT2D eigenvalue weighted by Crippen LogP contribution is 2.27. The number of anilines is 1. The third kappa shape index (κ3) is 6.09. The van der Waals surface area contributed by atoms with Gasteiger partial charge in [-0.1, -0.05) is 41.5 Å². The summed E-state index contributed by atoms with van der Waals surface area (Å²) in [4.78, 5) is 27.3. The molecule has 0 unspecified atom stereocenters. The second-order valence-electron chi connectivity index (χ2n) is 10.1. The zero-order valence-corrected chi connectivity index (χ0v) is 20.2. The highest BCUT2D eigenvalue weighted by Gasteiger charge is 2.30. The average molecular weight is 429 g/mol. The fraction of sp³-hybridized carbons (Fsp3) is 0.542. The van der Waals surface area contributed by atoms with Gasteiger partial charge in [0.15, 0.2) is 0 Å². The molecule has 31 heavy (non-hydrogen) atoms. The first kappa shape index (κ1) is 24.4. The lowest BCUT2D eigenvalue weighted by Gasteiger charge is -2.32. The number of benzene rings is 1. The van der Waals surface area contributed by atoms with E-state index < -0.39 is 5.41 Å². The van der Waals surface area contributed by atoms with Gasteiger partial charge in [-0.05, 0) is 38.1 Å². The molecule has 0 saturated heterocycles. The van der Waals surface area contributed by atoms with E-state index in [0.29, 0.717) is 5.82 Å². The van der Waals surface area contributed by atoms with Crippen LogP contribution in [0, 0.1) is 5.41 Å². The van der Waals surface area contributed by atoms with E-state index in [-0.39, 0.29) is 29.8 Å². The van der Waals surface area contributed by atoms with Crippen LogP contribution in [0.5, 0.6) is 5.75 Å². The molecule has 0 aliphatic rings. The second kappa shape index (κ2) is 9.12. The summed E-state index contributed by atoms with van der Waals surface area (Å²) in [5, 5.41) is 7.69. The maximum absolute atomic E-state index is 12.9. The molecule has 0 aliphatic heterocycles. The molecule has 0 aliphatic carbocycles. The highest BCUT2D eigenvalue weighted by molar-refractivity contribution is 5.95. The Balaban J connectivity index is 2.35. The van der Waals surface area contributed by atoms with Gasteiger partial charge in [0.2, 0.25) is 11.8 Å². The van der Waals surface area contributed by atoms with Gasteiger partial charge in [0.05, 0.1) is 18.5 Å². The standard InChI is InChI=1S/C24H36N4O3/c1-16(2)27(22(30)24(6,7)8)15-21(29)25-20-14-19(23(3,4)5)26-28(20)17-10-12-18(31-9)13-11-17/h10-14,16H,15H2,1-9H3,(H,25,29). The van der Waals surface area contributed by atoms with Crippen molar-refractivity contribution in [3.05, 3.63) is 36.0 Å². The van der Waals surface area contributed by atoms with Crippen molar-refractivity contribution < 1.29 is 14.3 Å². The zero-order chi connectivity index (χ0) is 23.6. The van der Waals surface area contributed by atoms with Crippen molar-refractivity contribution in [2.45, 2.75) is 66.8 Å². The molecule has 1 aromatic carbocycles. The normalized spacial score (nSPS) is 12.1. The Morgan fingerprint density at radius 3 is 2.13 bits per heavy atom. The number of aromatic nitrogens is 2. The fourth-order valence-corrected chi connectivity index (χ4v) is 3.01. The Morgan fingerprint density at radius 2 is 1.68 bits per heavy atom. The van der Waals surface area contributed by atoms with Crippen molar-refractivity contribution in [2.24, 2.45) is 5.41 Å². The molecule has 0 spiro atoms. The van der Waals surface area contributed by atoms with Crippen LogP contribution >= 0.6 is 0 Å². The molecular formula is C24H36N4O3. The number of hydrogen-bond donors (Lipinski definition) is 1. The first-order valence-corrected chi connectivity index (χ1v) is 10.6. The van der Waals surface area contributed by atoms with Crippen LogP contribution in [-0.2, 0) is 15.0 Å². The second-order valence-corrected chi connectivity index (χ2v) is 10.1. The smallest absolute Gasteiger partial charge is 0.245 e. The molecule has 0 saturated carbocycles. The zero-order valence-electron chi connectivity index (χ0n) is 20.2. The van der Waals surface area contributed by atoms with Crippen LogP contribution in [0.2, 0.25) is 0 Å². The van der Waals surface area contributed by atoms with E-state index in [1.807, 2.05) is 65.0 Å². The third-order valence-electron chi connectivity index (χ3n) is 4.90. The predicted molar refractivity (Wildman–Crippen MR) is 124 cm³/mol. The number of nitrogens with one attached hydrogen (secondary N) is 1. The molecule has 0 atom stereocenters. The van der Waals surface area contributed by atoms with Crippen molar-refractivity contribution >= 4 is 17.6 Å². The number of carbonyl (C=O) groups excluding carboxylic acids is 2. The Morgan fingerprint density at radius 1 is 1.10 bits per heavy atom. The van der Waals surface area contributed by atoms with Crippen molar-refractivity contribution in [2.75, 3.05) is 19.0 Å². The summed E-state index contributed by atoms with van der Waals surface area (Å²) in [6.07, 6.45) is 0. The summed E-state index contributed by atoms with van der Waals surface area (Å²) in [6.45, 7) is 15.6. The van der Waals surface area contributed by atoms with Crippen LogP contribution in [0.4, 0.5) is 5.82 Å². The summed E-state index contributed by atoms with van der Waals surface area (Å²) < 4.78 is 6.95. The molecule has 1 aromatic heterocycles. The van der Waals surface area contributed by atoms with E-state index in [0.717, 1.165) is 17.1 Å². The van der Waals surface area contributed by atoms with Crippen molar-refractivity contribution in [3.8, 4) is 11.4 Å². The van der Waals surface area contributed by atoms with Gasteiger partial charge in [0, 0.05) is 22.9 Å². The van der Waals surface area contributed by atoms with Gasteiger partial charge in [-0.25, -0.2) is 4.68 Å². The molecule has 0 bridgehead atoms. The molecule has 2 amide bonds. The lowest BCUT2D eigenvalue weighted by molar-refractivity contribution is -0.143.